The maximum atomic E-state index is 13.3. The number of pyridine rings is 1. The zero-order valence-electron chi connectivity index (χ0n) is 14.6. The minimum atomic E-state index is -3.47. The molecule has 26 heavy (non-hydrogen) atoms. The Bertz CT molecular complexity index is 1070. The molecule has 2 aromatic heterocycles. The van der Waals surface area contributed by atoms with Crippen molar-refractivity contribution in [3.63, 3.8) is 0 Å². The molecule has 0 atom stereocenters. The average molecular weight is 395 g/mol. The normalized spacial score (nSPS) is 14.4. The van der Waals surface area contributed by atoms with Crippen LogP contribution in [0.25, 0.3) is 22.2 Å². The van der Waals surface area contributed by atoms with Crippen molar-refractivity contribution in [2.75, 3.05) is 5.75 Å². The lowest BCUT2D eigenvalue weighted by Crippen LogP contribution is -2.19. The van der Waals surface area contributed by atoms with E-state index in [1.165, 1.54) is 16.1 Å². The summed E-state index contributed by atoms with van der Waals surface area (Å²) in [6.07, 6.45) is 3.62. The number of aryl methyl sites for hydroxylation is 1. The first kappa shape index (κ1) is 18.9. The van der Waals surface area contributed by atoms with Crippen LogP contribution in [0, 0.1) is 25.6 Å². The van der Waals surface area contributed by atoms with Crippen molar-refractivity contribution in [1.82, 2.24) is 8.96 Å². The minimum absolute atomic E-state index is 0. The molecule has 0 aliphatic heterocycles. The van der Waals surface area contributed by atoms with E-state index >= 15 is 0 Å². The summed E-state index contributed by atoms with van der Waals surface area (Å²) in [5, 5.41) is 0.867. The Hall–Kier alpha value is -1.92. The second-order valence-corrected chi connectivity index (χ2v) is 8.62. The highest BCUT2D eigenvalue weighted by Crippen LogP contribution is 2.36. The van der Waals surface area contributed by atoms with Gasteiger partial charge in [0.15, 0.2) is 0 Å². The maximum Gasteiger partial charge on any atom is 0.239 e. The molecule has 138 valence electrons. The van der Waals surface area contributed by atoms with Crippen LogP contribution in [0.1, 0.15) is 24.1 Å². The van der Waals surface area contributed by atoms with Crippen LogP contribution < -0.4 is 0 Å². The molecule has 0 bridgehead atoms. The van der Waals surface area contributed by atoms with Crippen LogP contribution in [-0.4, -0.2) is 23.1 Å². The molecule has 4 nitrogen and oxygen atoms in total. The van der Waals surface area contributed by atoms with Gasteiger partial charge in [-0.05, 0) is 68.5 Å². The predicted molar refractivity (Wildman–Crippen MR) is 104 cm³/mol. The van der Waals surface area contributed by atoms with Crippen LogP contribution in [0.2, 0.25) is 0 Å². The Kier molecular flexibility index (Phi) is 4.84. The predicted octanol–water partition coefficient (Wildman–Crippen LogP) is 4.47. The molecular formula is C19H20ClFN2O2S. The van der Waals surface area contributed by atoms with Crippen molar-refractivity contribution in [3.05, 3.63) is 53.6 Å². The number of halogens is 2. The summed E-state index contributed by atoms with van der Waals surface area (Å²) in [5.41, 5.74) is 3.50. The van der Waals surface area contributed by atoms with Gasteiger partial charge in [-0.1, -0.05) is 0 Å². The molecule has 1 aromatic carbocycles. The minimum Gasteiger partial charge on any atom is -0.254 e. The van der Waals surface area contributed by atoms with Crippen LogP contribution >= 0.6 is 12.4 Å². The zero-order chi connectivity index (χ0) is 17.8. The molecular weight excluding hydrogens is 375 g/mol. The fourth-order valence-corrected chi connectivity index (χ4v) is 5.40. The first-order valence-electron chi connectivity index (χ1n) is 8.34. The van der Waals surface area contributed by atoms with Gasteiger partial charge in [0.05, 0.1) is 17.0 Å². The number of fused-ring (bicyclic) bond motifs is 1. The van der Waals surface area contributed by atoms with Crippen molar-refractivity contribution < 1.29 is 12.8 Å². The lowest BCUT2D eigenvalue weighted by atomic mass is 10.1. The standard InChI is InChI=1S/C19H19FN2O2S.ClH/c1-12-13(2)22(25(23,24)11-14-3-4-14)19-17(12)9-10-21-18(19)15-5-7-16(20)8-6-15;/h5-10,14H,3-4,11H2,1-2H3;1H. The van der Waals surface area contributed by atoms with Crippen LogP contribution in [0.15, 0.2) is 36.5 Å². The Morgan fingerprint density at radius 3 is 2.42 bits per heavy atom. The Morgan fingerprint density at radius 2 is 1.81 bits per heavy atom. The van der Waals surface area contributed by atoms with E-state index in [4.69, 9.17) is 0 Å². The SMILES string of the molecule is Cc1c(C)n(S(=O)(=O)CC2CC2)c2c(-c3ccc(F)cc3)nccc12.Cl. The summed E-state index contributed by atoms with van der Waals surface area (Å²) < 4.78 is 40.8. The van der Waals surface area contributed by atoms with E-state index in [1.807, 2.05) is 19.9 Å². The number of nitrogens with zero attached hydrogens (tertiary/aromatic N) is 2. The molecule has 1 saturated carbocycles. The van der Waals surface area contributed by atoms with Crippen molar-refractivity contribution in [1.29, 1.82) is 0 Å². The van der Waals surface area contributed by atoms with E-state index in [9.17, 15) is 12.8 Å². The van der Waals surface area contributed by atoms with Gasteiger partial charge >= 0.3 is 0 Å². The average Bonchev–Trinajstić information content (AvgIpc) is 3.33. The van der Waals surface area contributed by atoms with Gasteiger partial charge in [-0.3, -0.25) is 4.98 Å². The molecule has 1 fully saturated rings. The summed E-state index contributed by atoms with van der Waals surface area (Å²) in [7, 11) is -3.47. The van der Waals surface area contributed by atoms with Crippen molar-refractivity contribution in [2.45, 2.75) is 26.7 Å². The zero-order valence-corrected chi connectivity index (χ0v) is 16.2. The topological polar surface area (TPSA) is 52.0 Å². The van der Waals surface area contributed by atoms with E-state index in [1.54, 1.807) is 18.3 Å². The van der Waals surface area contributed by atoms with Crippen LogP contribution in [0.5, 0.6) is 0 Å². The van der Waals surface area contributed by atoms with E-state index in [0.29, 0.717) is 22.5 Å². The second kappa shape index (κ2) is 6.67. The highest BCUT2D eigenvalue weighted by molar-refractivity contribution is 7.90. The van der Waals surface area contributed by atoms with Crippen molar-refractivity contribution in [3.8, 4) is 11.3 Å². The third-order valence-electron chi connectivity index (χ3n) is 4.92. The Balaban J connectivity index is 0.00000196. The molecule has 2 heterocycles. The molecule has 3 aromatic rings. The fraction of sp³-hybridized carbons (Fsp3) is 0.316. The van der Waals surface area contributed by atoms with Gasteiger partial charge in [-0.15, -0.1) is 12.4 Å². The summed E-state index contributed by atoms with van der Waals surface area (Å²) >= 11 is 0. The molecule has 0 N–H and O–H groups in total. The van der Waals surface area contributed by atoms with E-state index < -0.39 is 10.0 Å². The molecule has 0 unspecified atom stereocenters. The number of hydrogen-bond acceptors (Lipinski definition) is 3. The highest BCUT2D eigenvalue weighted by Gasteiger charge is 2.32. The molecule has 0 amide bonds. The van der Waals surface area contributed by atoms with E-state index in [0.717, 1.165) is 23.8 Å². The van der Waals surface area contributed by atoms with Crippen molar-refractivity contribution in [2.24, 2.45) is 5.92 Å². The number of aromatic nitrogens is 2. The Labute approximate surface area is 158 Å². The number of benzene rings is 1. The quantitative estimate of drug-likeness (QED) is 0.656. The summed E-state index contributed by atoms with van der Waals surface area (Å²) in [4.78, 5) is 4.42. The molecule has 4 rings (SSSR count). The van der Waals surface area contributed by atoms with Gasteiger partial charge in [0, 0.05) is 22.8 Å². The molecule has 7 heteroatoms. The highest BCUT2D eigenvalue weighted by atomic mass is 35.5. The van der Waals surface area contributed by atoms with Gasteiger partial charge in [-0.25, -0.2) is 16.8 Å². The lowest BCUT2D eigenvalue weighted by molar-refractivity contribution is 0.584. The summed E-state index contributed by atoms with van der Waals surface area (Å²) in [6, 6.07) is 7.83. The van der Waals surface area contributed by atoms with Gasteiger partial charge in [0.1, 0.15) is 5.82 Å². The van der Waals surface area contributed by atoms with Gasteiger partial charge < -0.3 is 0 Å². The van der Waals surface area contributed by atoms with E-state index in [-0.39, 0.29) is 29.9 Å². The molecule has 0 spiro atoms. The van der Waals surface area contributed by atoms with Crippen LogP contribution in [0.4, 0.5) is 4.39 Å². The van der Waals surface area contributed by atoms with Gasteiger partial charge in [-0.2, -0.15) is 0 Å². The number of hydrogen-bond donors (Lipinski definition) is 0. The van der Waals surface area contributed by atoms with Crippen molar-refractivity contribution >= 4 is 33.3 Å². The van der Waals surface area contributed by atoms with Gasteiger partial charge in [0.25, 0.3) is 0 Å². The fourth-order valence-electron chi connectivity index (χ4n) is 3.30. The Morgan fingerprint density at radius 1 is 1.15 bits per heavy atom. The molecule has 0 radical (unpaired) electrons. The first-order valence-corrected chi connectivity index (χ1v) is 9.95. The largest absolute Gasteiger partial charge is 0.254 e. The first-order chi connectivity index (χ1) is 11.9. The van der Waals surface area contributed by atoms with Gasteiger partial charge in [0.2, 0.25) is 10.0 Å². The monoisotopic (exact) mass is 394 g/mol. The molecule has 0 saturated heterocycles. The molecule has 1 aliphatic carbocycles. The van der Waals surface area contributed by atoms with E-state index in [2.05, 4.69) is 4.98 Å². The smallest absolute Gasteiger partial charge is 0.239 e. The summed E-state index contributed by atoms with van der Waals surface area (Å²) in [5.74, 6) is 0.0857. The number of rotatable bonds is 4. The molecule has 1 aliphatic rings. The van der Waals surface area contributed by atoms with Crippen LogP contribution in [0.3, 0.4) is 0 Å². The van der Waals surface area contributed by atoms with Crippen LogP contribution in [-0.2, 0) is 10.0 Å². The summed E-state index contributed by atoms with van der Waals surface area (Å²) in [6.45, 7) is 3.75. The lowest BCUT2D eigenvalue weighted by Gasteiger charge is -2.12. The third kappa shape index (κ3) is 3.12. The second-order valence-electron chi connectivity index (χ2n) is 6.76. The third-order valence-corrected chi connectivity index (χ3v) is 6.82. The maximum absolute atomic E-state index is 13.3.